The van der Waals surface area contributed by atoms with Crippen LogP contribution in [0.2, 0.25) is 10.0 Å². The Bertz CT molecular complexity index is 852. The maximum absolute atomic E-state index is 13.8. The molecule has 146 valence electrons. The molecular formula is C18H19Cl2FIN3O2. The Hall–Kier alpha value is -1.29. The summed E-state index contributed by atoms with van der Waals surface area (Å²) < 4.78 is 24.4. The maximum Gasteiger partial charge on any atom is 0.189 e. The van der Waals surface area contributed by atoms with Crippen LogP contribution in [0, 0.1) is 5.82 Å². The molecule has 0 amide bonds. The Labute approximate surface area is 184 Å². The van der Waals surface area contributed by atoms with E-state index in [1.807, 2.05) is 13.0 Å². The van der Waals surface area contributed by atoms with Crippen molar-refractivity contribution in [3.63, 3.8) is 0 Å². The van der Waals surface area contributed by atoms with Crippen LogP contribution in [0.25, 0.3) is 0 Å². The van der Waals surface area contributed by atoms with Crippen LogP contribution >= 0.6 is 47.2 Å². The number of nitrogens with one attached hydrogen (secondary N) is 1. The molecule has 1 heterocycles. The lowest BCUT2D eigenvalue weighted by Crippen LogP contribution is -2.34. The second-order valence-corrected chi connectivity index (χ2v) is 6.74. The van der Waals surface area contributed by atoms with Gasteiger partial charge in [-0.05, 0) is 36.8 Å². The lowest BCUT2D eigenvalue weighted by atomic mass is 10.1. The number of nitrogens with two attached hydrogens (primary N) is 1. The van der Waals surface area contributed by atoms with Crippen LogP contribution in [0.15, 0.2) is 35.3 Å². The fourth-order valence-electron chi connectivity index (χ4n) is 2.74. The quantitative estimate of drug-likeness (QED) is 0.342. The summed E-state index contributed by atoms with van der Waals surface area (Å²) in [7, 11) is 0. The molecule has 1 aliphatic rings. The minimum atomic E-state index is -0.365. The van der Waals surface area contributed by atoms with Crippen LogP contribution in [0.1, 0.15) is 29.7 Å². The van der Waals surface area contributed by atoms with Crippen LogP contribution in [0.5, 0.6) is 5.75 Å². The molecule has 1 unspecified atom stereocenters. The van der Waals surface area contributed by atoms with Crippen molar-refractivity contribution < 1.29 is 13.9 Å². The number of halogens is 4. The topological polar surface area (TPSA) is 68.9 Å². The number of hydrogen-bond donors (Lipinski definition) is 2. The Balaban J connectivity index is 0.00000261. The van der Waals surface area contributed by atoms with Gasteiger partial charge in [0.05, 0.1) is 19.2 Å². The molecule has 2 aromatic rings. The lowest BCUT2D eigenvalue weighted by molar-refractivity contribution is -0.0172. The van der Waals surface area contributed by atoms with E-state index in [2.05, 4.69) is 10.3 Å². The first kappa shape index (κ1) is 22.0. The van der Waals surface area contributed by atoms with Crippen LogP contribution in [-0.4, -0.2) is 12.8 Å². The van der Waals surface area contributed by atoms with Gasteiger partial charge in [0.25, 0.3) is 0 Å². The SMILES string of the molecule is CC(NC(N)=NCc1cc(F)cc2c1OCOC2)c1ccc(Cl)cc1Cl.I. The molecule has 0 fully saturated rings. The first-order valence-electron chi connectivity index (χ1n) is 7.97. The highest BCUT2D eigenvalue weighted by Crippen LogP contribution is 2.30. The van der Waals surface area contributed by atoms with E-state index in [0.29, 0.717) is 33.5 Å². The van der Waals surface area contributed by atoms with Gasteiger partial charge in [-0.15, -0.1) is 24.0 Å². The Morgan fingerprint density at radius 1 is 1.33 bits per heavy atom. The number of hydrogen-bond acceptors (Lipinski definition) is 3. The highest BCUT2D eigenvalue weighted by molar-refractivity contribution is 14.0. The number of fused-ring (bicyclic) bond motifs is 1. The van der Waals surface area contributed by atoms with Crippen molar-refractivity contribution in [2.75, 3.05) is 6.79 Å². The smallest absolute Gasteiger partial charge is 0.189 e. The van der Waals surface area contributed by atoms with Gasteiger partial charge in [0.2, 0.25) is 0 Å². The molecule has 9 heteroatoms. The van der Waals surface area contributed by atoms with E-state index in [4.69, 9.17) is 38.4 Å². The predicted molar refractivity (Wildman–Crippen MR) is 115 cm³/mol. The predicted octanol–water partition coefficient (Wildman–Crippen LogP) is 4.78. The summed E-state index contributed by atoms with van der Waals surface area (Å²) in [5.74, 6) is 0.451. The van der Waals surface area contributed by atoms with Gasteiger partial charge in [0.1, 0.15) is 11.6 Å². The van der Waals surface area contributed by atoms with Crippen molar-refractivity contribution in [3.05, 3.63) is 62.9 Å². The summed E-state index contributed by atoms with van der Waals surface area (Å²) in [4.78, 5) is 4.28. The van der Waals surface area contributed by atoms with Gasteiger partial charge in [0, 0.05) is 21.2 Å². The standard InChI is InChI=1S/C18H18Cl2FN3O2.HI/c1-10(15-3-2-13(19)6-16(15)20)24-18(22)23-7-11-4-14(21)5-12-8-25-9-26-17(11)12;/h2-6,10H,7-9H2,1H3,(H3,22,23,24);1H. The third kappa shape index (κ3) is 5.60. The molecule has 5 nitrogen and oxygen atoms in total. The Kier molecular flexibility index (Phi) is 7.96. The van der Waals surface area contributed by atoms with E-state index in [-0.39, 0.29) is 55.1 Å². The molecule has 0 saturated carbocycles. The summed E-state index contributed by atoms with van der Waals surface area (Å²) in [6, 6.07) is 7.87. The zero-order valence-corrected chi connectivity index (χ0v) is 18.3. The highest BCUT2D eigenvalue weighted by Gasteiger charge is 2.17. The largest absolute Gasteiger partial charge is 0.467 e. The molecule has 0 saturated heterocycles. The number of benzene rings is 2. The first-order valence-corrected chi connectivity index (χ1v) is 8.73. The normalized spacial score (nSPS) is 14.6. The molecule has 27 heavy (non-hydrogen) atoms. The summed E-state index contributed by atoms with van der Waals surface area (Å²) >= 11 is 12.1. The highest BCUT2D eigenvalue weighted by atomic mass is 127. The molecule has 2 aromatic carbocycles. The van der Waals surface area contributed by atoms with Crippen LogP contribution in [-0.2, 0) is 17.9 Å². The van der Waals surface area contributed by atoms with E-state index in [0.717, 1.165) is 5.56 Å². The van der Waals surface area contributed by atoms with Crippen LogP contribution in [0.3, 0.4) is 0 Å². The second-order valence-electron chi connectivity index (χ2n) is 5.90. The Morgan fingerprint density at radius 2 is 2.11 bits per heavy atom. The Morgan fingerprint density at radius 3 is 2.85 bits per heavy atom. The number of nitrogens with zero attached hydrogens (tertiary/aromatic N) is 1. The minimum Gasteiger partial charge on any atom is -0.467 e. The zero-order chi connectivity index (χ0) is 18.7. The minimum absolute atomic E-state index is 0. The van der Waals surface area contributed by atoms with E-state index in [9.17, 15) is 4.39 Å². The van der Waals surface area contributed by atoms with Crippen LogP contribution in [0.4, 0.5) is 4.39 Å². The van der Waals surface area contributed by atoms with Crippen molar-refractivity contribution in [2.24, 2.45) is 10.7 Å². The third-order valence-electron chi connectivity index (χ3n) is 3.96. The molecule has 1 aliphatic heterocycles. The van der Waals surface area contributed by atoms with E-state index in [1.165, 1.54) is 12.1 Å². The van der Waals surface area contributed by atoms with Crippen molar-refractivity contribution in [1.82, 2.24) is 5.32 Å². The maximum atomic E-state index is 13.8. The van der Waals surface area contributed by atoms with Crippen molar-refractivity contribution in [3.8, 4) is 5.75 Å². The number of ether oxygens (including phenoxy) is 2. The summed E-state index contributed by atoms with van der Waals surface area (Å²) in [5.41, 5.74) is 8.09. The van der Waals surface area contributed by atoms with Crippen molar-refractivity contribution in [1.29, 1.82) is 0 Å². The lowest BCUT2D eigenvalue weighted by Gasteiger charge is -2.20. The van der Waals surface area contributed by atoms with Gasteiger partial charge in [0.15, 0.2) is 12.8 Å². The fraction of sp³-hybridized carbons (Fsp3) is 0.278. The summed E-state index contributed by atoms with van der Waals surface area (Å²) in [6.07, 6.45) is 0. The molecule has 3 N–H and O–H groups in total. The third-order valence-corrected chi connectivity index (χ3v) is 4.53. The van der Waals surface area contributed by atoms with Gasteiger partial charge in [-0.2, -0.15) is 0 Å². The molecule has 0 spiro atoms. The monoisotopic (exact) mass is 525 g/mol. The van der Waals surface area contributed by atoms with Crippen LogP contribution < -0.4 is 15.8 Å². The molecule has 3 rings (SSSR count). The molecule has 0 aromatic heterocycles. The van der Waals surface area contributed by atoms with Gasteiger partial charge in [-0.1, -0.05) is 29.3 Å². The van der Waals surface area contributed by atoms with E-state index in [1.54, 1.807) is 12.1 Å². The average Bonchev–Trinajstić information content (AvgIpc) is 2.59. The first-order chi connectivity index (χ1) is 12.4. The molecular weight excluding hydrogens is 507 g/mol. The van der Waals surface area contributed by atoms with Crippen molar-refractivity contribution in [2.45, 2.75) is 26.1 Å². The zero-order valence-electron chi connectivity index (χ0n) is 14.5. The fourth-order valence-corrected chi connectivity index (χ4v) is 3.31. The van der Waals surface area contributed by atoms with Gasteiger partial charge < -0.3 is 20.5 Å². The average molecular weight is 526 g/mol. The number of aliphatic imine (C=N–C) groups is 1. The van der Waals surface area contributed by atoms with E-state index >= 15 is 0 Å². The summed E-state index contributed by atoms with van der Waals surface area (Å²) in [6.45, 7) is 2.53. The van der Waals surface area contributed by atoms with Gasteiger partial charge in [-0.3, -0.25) is 0 Å². The van der Waals surface area contributed by atoms with E-state index < -0.39 is 0 Å². The molecule has 0 radical (unpaired) electrons. The molecule has 0 aliphatic carbocycles. The van der Waals surface area contributed by atoms with Crippen molar-refractivity contribution >= 4 is 53.1 Å². The molecule has 1 atom stereocenters. The molecule has 0 bridgehead atoms. The summed E-state index contributed by atoms with van der Waals surface area (Å²) in [5, 5.41) is 4.16. The van der Waals surface area contributed by atoms with Gasteiger partial charge in [-0.25, -0.2) is 9.38 Å². The number of guanidine groups is 1. The number of rotatable bonds is 4. The van der Waals surface area contributed by atoms with Gasteiger partial charge >= 0.3 is 0 Å². The second kappa shape index (κ2) is 9.77.